The molecule has 4 rings (SSSR count). The first-order valence-electron chi connectivity index (χ1n) is 10.8. The third-order valence-electron chi connectivity index (χ3n) is 6.07. The summed E-state index contributed by atoms with van der Waals surface area (Å²) in [6, 6.07) is 10.1. The van der Waals surface area contributed by atoms with Crippen LogP contribution in [0.3, 0.4) is 0 Å². The van der Waals surface area contributed by atoms with Crippen molar-refractivity contribution in [1.29, 1.82) is 0 Å². The highest BCUT2D eigenvalue weighted by molar-refractivity contribution is 7.89. The minimum atomic E-state index is -3.66. The number of sulfonamides is 1. The smallest absolute Gasteiger partial charge is 0.243 e. The molecule has 2 heterocycles. The zero-order chi connectivity index (χ0) is 23.6. The number of anilines is 1. The molecule has 0 saturated carbocycles. The summed E-state index contributed by atoms with van der Waals surface area (Å²) in [4.78, 5) is 13.9. The number of carbonyl (C=O) groups excluding carboxylic acids is 1. The number of hydrogen-bond acceptors (Lipinski definition) is 6. The fourth-order valence-electron chi connectivity index (χ4n) is 4.29. The van der Waals surface area contributed by atoms with Gasteiger partial charge in [0.15, 0.2) is 0 Å². The number of amides is 1. The summed E-state index contributed by atoms with van der Waals surface area (Å²) in [5, 5.41) is 0. The Hall–Kier alpha value is -3.04. The lowest BCUT2D eigenvalue weighted by molar-refractivity contribution is -0.117. The van der Waals surface area contributed by atoms with Crippen molar-refractivity contribution in [2.24, 2.45) is 0 Å². The van der Waals surface area contributed by atoms with Gasteiger partial charge in [0.25, 0.3) is 0 Å². The Balaban J connectivity index is 1.56. The summed E-state index contributed by atoms with van der Waals surface area (Å²) in [6.07, 6.45) is 3.77. The Morgan fingerprint density at radius 3 is 2.03 bits per heavy atom. The summed E-state index contributed by atoms with van der Waals surface area (Å²) in [5.41, 5.74) is 2.49. The molecule has 0 aromatic heterocycles. The molecule has 33 heavy (non-hydrogen) atoms. The van der Waals surface area contributed by atoms with Crippen LogP contribution in [0.1, 0.15) is 24.8 Å². The van der Waals surface area contributed by atoms with E-state index in [1.165, 1.54) is 4.31 Å². The van der Waals surface area contributed by atoms with Gasteiger partial charge in [-0.25, -0.2) is 8.42 Å². The van der Waals surface area contributed by atoms with E-state index in [0.717, 1.165) is 23.2 Å². The molecule has 0 aliphatic carbocycles. The van der Waals surface area contributed by atoms with Gasteiger partial charge >= 0.3 is 0 Å². The van der Waals surface area contributed by atoms with Crippen molar-refractivity contribution in [3.63, 3.8) is 0 Å². The summed E-state index contributed by atoms with van der Waals surface area (Å²) in [7, 11) is 1.08. The molecule has 0 atom stereocenters. The molecular formula is C24H28N2O6S. The summed E-state index contributed by atoms with van der Waals surface area (Å²) in [5.74, 6) is 1.91. The summed E-state index contributed by atoms with van der Waals surface area (Å²) in [6.45, 7) is 1.24. The van der Waals surface area contributed by atoms with Crippen LogP contribution in [0.15, 0.2) is 47.4 Å². The van der Waals surface area contributed by atoms with E-state index < -0.39 is 10.0 Å². The van der Waals surface area contributed by atoms with Crippen LogP contribution in [0.2, 0.25) is 0 Å². The van der Waals surface area contributed by atoms with E-state index in [1.54, 1.807) is 62.6 Å². The van der Waals surface area contributed by atoms with Gasteiger partial charge < -0.3 is 19.1 Å². The zero-order valence-electron chi connectivity index (χ0n) is 19.0. The molecule has 2 aliphatic heterocycles. The molecule has 2 aromatic rings. The molecular weight excluding hydrogens is 444 g/mol. The average Bonchev–Trinajstić information content (AvgIpc) is 3.29. The third-order valence-corrected chi connectivity index (χ3v) is 7.95. The van der Waals surface area contributed by atoms with Crippen LogP contribution in [-0.4, -0.2) is 59.6 Å². The Labute approximate surface area is 194 Å². The number of carbonyl (C=O) groups is 1. The van der Waals surface area contributed by atoms with E-state index >= 15 is 0 Å². The Morgan fingerprint density at radius 1 is 0.879 bits per heavy atom. The monoisotopic (exact) mass is 472 g/mol. The predicted octanol–water partition coefficient (Wildman–Crippen LogP) is 3.32. The van der Waals surface area contributed by atoms with Crippen LogP contribution in [0.25, 0.3) is 5.57 Å². The van der Waals surface area contributed by atoms with E-state index in [2.05, 4.69) is 0 Å². The molecule has 0 unspecified atom stereocenters. The van der Waals surface area contributed by atoms with Crippen molar-refractivity contribution < 1.29 is 27.4 Å². The van der Waals surface area contributed by atoms with Gasteiger partial charge in [-0.2, -0.15) is 4.31 Å². The minimum Gasteiger partial charge on any atom is -0.496 e. The fourth-order valence-corrected chi connectivity index (χ4v) is 5.67. The van der Waals surface area contributed by atoms with Crippen LogP contribution >= 0.6 is 0 Å². The molecule has 2 aromatic carbocycles. The number of benzene rings is 2. The fraction of sp³-hybridized carbons (Fsp3) is 0.375. The molecule has 0 spiro atoms. The molecule has 0 bridgehead atoms. The lowest BCUT2D eigenvalue weighted by Gasteiger charge is -2.27. The Kier molecular flexibility index (Phi) is 6.62. The number of methoxy groups -OCH3 is 3. The van der Waals surface area contributed by atoms with Gasteiger partial charge in [-0.3, -0.25) is 4.79 Å². The lowest BCUT2D eigenvalue weighted by Crippen LogP contribution is -2.34. The van der Waals surface area contributed by atoms with Gasteiger partial charge in [0.05, 0.1) is 31.8 Å². The van der Waals surface area contributed by atoms with Crippen molar-refractivity contribution in [1.82, 2.24) is 4.31 Å². The summed E-state index contributed by atoms with van der Waals surface area (Å²) < 4.78 is 44.3. The van der Waals surface area contributed by atoms with Gasteiger partial charge in [0.2, 0.25) is 15.9 Å². The Morgan fingerprint density at radius 2 is 1.55 bits per heavy atom. The first kappa shape index (κ1) is 23.1. The van der Waals surface area contributed by atoms with Crippen molar-refractivity contribution in [3.8, 4) is 17.2 Å². The van der Waals surface area contributed by atoms with Crippen molar-refractivity contribution in [2.75, 3.05) is 45.9 Å². The minimum absolute atomic E-state index is 0.0729. The second kappa shape index (κ2) is 9.44. The van der Waals surface area contributed by atoms with Crippen molar-refractivity contribution in [3.05, 3.63) is 48.0 Å². The zero-order valence-corrected chi connectivity index (χ0v) is 19.9. The normalized spacial score (nSPS) is 17.1. The number of ether oxygens (including phenoxy) is 3. The maximum absolute atomic E-state index is 13.2. The number of nitrogens with zero attached hydrogens (tertiary/aromatic N) is 2. The molecule has 1 saturated heterocycles. The second-order valence-electron chi connectivity index (χ2n) is 7.89. The van der Waals surface area contributed by atoms with Gasteiger partial charge in [-0.15, -0.1) is 0 Å². The average molecular weight is 473 g/mol. The number of rotatable bonds is 7. The van der Waals surface area contributed by atoms with E-state index in [9.17, 15) is 13.2 Å². The quantitative estimate of drug-likeness (QED) is 0.615. The molecule has 1 fully saturated rings. The molecule has 8 nitrogen and oxygen atoms in total. The lowest BCUT2D eigenvalue weighted by atomic mass is 9.98. The van der Waals surface area contributed by atoms with Crippen LogP contribution in [0.5, 0.6) is 17.2 Å². The van der Waals surface area contributed by atoms with Crippen LogP contribution in [0.4, 0.5) is 5.69 Å². The van der Waals surface area contributed by atoms with Gasteiger partial charge in [0, 0.05) is 43.9 Å². The highest BCUT2D eigenvalue weighted by atomic mass is 32.2. The first-order chi connectivity index (χ1) is 15.9. The largest absolute Gasteiger partial charge is 0.496 e. The maximum atomic E-state index is 13.2. The predicted molar refractivity (Wildman–Crippen MR) is 125 cm³/mol. The van der Waals surface area contributed by atoms with Crippen LogP contribution in [-0.2, 0) is 14.8 Å². The van der Waals surface area contributed by atoms with Crippen molar-refractivity contribution in [2.45, 2.75) is 24.2 Å². The second-order valence-corrected chi connectivity index (χ2v) is 9.83. The van der Waals surface area contributed by atoms with E-state index in [1.807, 2.05) is 6.08 Å². The van der Waals surface area contributed by atoms with Gasteiger partial charge in [0.1, 0.15) is 17.2 Å². The van der Waals surface area contributed by atoms with Crippen LogP contribution < -0.4 is 19.1 Å². The topological polar surface area (TPSA) is 85.4 Å². The molecule has 2 aliphatic rings. The van der Waals surface area contributed by atoms with Gasteiger partial charge in [-0.1, -0.05) is 6.08 Å². The molecule has 0 N–H and O–H groups in total. The molecule has 0 radical (unpaired) electrons. The SMILES string of the molecule is COc1cc(OC)c(C2=CCN(S(=O)(=O)c3ccc(N4CCCC4=O)cc3)CC2)c(OC)c1. The van der Waals surface area contributed by atoms with Crippen molar-refractivity contribution >= 4 is 27.2 Å². The molecule has 9 heteroatoms. The third kappa shape index (κ3) is 4.43. The first-order valence-corrected chi connectivity index (χ1v) is 12.2. The Bertz CT molecular complexity index is 1150. The highest BCUT2D eigenvalue weighted by Gasteiger charge is 2.29. The van der Waals surface area contributed by atoms with Gasteiger partial charge in [-0.05, 0) is 42.7 Å². The molecule has 1 amide bonds. The molecule has 176 valence electrons. The summed E-state index contributed by atoms with van der Waals surface area (Å²) >= 11 is 0. The standard InChI is InChI=1S/C24H28N2O6S/c1-30-19-15-21(31-2)24(22(16-19)32-3)17-10-13-25(14-11-17)33(28,29)20-8-6-18(7-9-20)26-12-4-5-23(26)27/h6-10,15-16H,4-5,11-14H2,1-3H3. The van der Waals surface area contributed by atoms with Crippen LogP contribution in [0, 0.1) is 0 Å². The van der Waals surface area contributed by atoms with E-state index in [-0.39, 0.29) is 17.3 Å². The van der Waals surface area contributed by atoms with E-state index in [0.29, 0.717) is 43.2 Å². The highest BCUT2D eigenvalue weighted by Crippen LogP contribution is 2.41. The number of hydrogen-bond donors (Lipinski definition) is 0. The van der Waals surface area contributed by atoms with E-state index in [4.69, 9.17) is 14.2 Å². The maximum Gasteiger partial charge on any atom is 0.243 e.